The van der Waals surface area contributed by atoms with E-state index in [0.717, 1.165) is 5.56 Å². The van der Waals surface area contributed by atoms with Gasteiger partial charge in [0, 0.05) is 17.7 Å². The first-order chi connectivity index (χ1) is 14.1. The summed E-state index contributed by atoms with van der Waals surface area (Å²) in [7, 11) is 0. The third kappa shape index (κ3) is 3.62. The van der Waals surface area contributed by atoms with Gasteiger partial charge in [-0.25, -0.2) is 0 Å². The minimum Gasteiger partial charge on any atom is -0.375 e. The number of ketones is 1. The summed E-state index contributed by atoms with van der Waals surface area (Å²) in [5.74, 6) is -0.737. The maximum atomic E-state index is 13.2. The Bertz CT molecular complexity index is 1060. The second-order valence-corrected chi connectivity index (χ2v) is 7.07. The maximum absolute atomic E-state index is 13.2. The molecule has 0 aromatic heterocycles. The number of nitrogens with zero attached hydrogens (tertiary/aromatic N) is 1. The van der Waals surface area contributed by atoms with E-state index in [0.29, 0.717) is 23.4 Å². The second-order valence-electron chi connectivity index (χ2n) is 7.07. The van der Waals surface area contributed by atoms with Gasteiger partial charge in [-0.15, -0.1) is 0 Å². The SMILES string of the molecule is O=C(C[C@]1(O)C(=O)N(C/C=C/c2ccccc2)c2ccccc21)c1ccccc1. The summed E-state index contributed by atoms with van der Waals surface area (Å²) in [5, 5.41) is 11.3. The number of carbonyl (C=O) groups excluding carboxylic acids is 2. The molecule has 144 valence electrons. The normalized spacial score (nSPS) is 18.2. The highest BCUT2D eigenvalue weighted by atomic mass is 16.3. The molecule has 0 saturated heterocycles. The fourth-order valence-electron chi connectivity index (χ4n) is 3.68. The van der Waals surface area contributed by atoms with Crippen molar-refractivity contribution in [1.29, 1.82) is 0 Å². The van der Waals surface area contributed by atoms with Gasteiger partial charge in [-0.2, -0.15) is 0 Å². The highest BCUT2D eigenvalue weighted by Gasteiger charge is 2.50. The Morgan fingerprint density at radius 2 is 1.52 bits per heavy atom. The third-order valence-corrected chi connectivity index (χ3v) is 5.15. The van der Waals surface area contributed by atoms with E-state index in [1.165, 1.54) is 4.90 Å². The zero-order chi connectivity index (χ0) is 20.3. The number of rotatable bonds is 6. The summed E-state index contributed by atoms with van der Waals surface area (Å²) >= 11 is 0. The van der Waals surface area contributed by atoms with Crippen LogP contribution < -0.4 is 4.90 Å². The molecule has 1 aliphatic rings. The van der Waals surface area contributed by atoms with Gasteiger partial charge < -0.3 is 10.0 Å². The molecule has 1 heterocycles. The lowest BCUT2D eigenvalue weighted by molar-refractivity contribution is -0.135. The predicted molar refractivity (Wildman–Crippen MR) is 114 cm³/mol. The van der Waals surface area contributed by atoms with Gasteiger partial charge >= 0.3 is 0 Å². The average Bonchev–Trinajstić information content (AvgIpc) is 2.97. The van der Waals surface area contributed by atoms with Crippen LogP contribution in [0.25, 0.3) is 6.08 Å². The summed E-state index contributed by atoms with van der Waals surface area (Å²) in [4.78, 5) is 27.4. The van der Waals surface area contributed by atoms with E-state index < -0.39 is 11.5 Å². The molecular weight excluding hydrogens is 362 g/mol. The molecule has 0 aliphatic carbocycles. The van der Waals surface area contributed by atoms with Crippen molar-refractivity contribution in [2.24, 2.45) is 0 Å². The molecule has 4 heteroatoms. The van der Waals surface area contributed by atoms with Gasteiger partial charge in [0.25, 0.3) is 5.91 Å². The molecule has 1 aliphatic heterocycles. The van der Waals surface area contributed by atoms with Crippen LogP contribution in [0, 0.1) is 0 Å². The topological polar surface area (TPSA) is 57.6 Å². The average molecular weight is 383 g/mol. The quantitative estimate of drug-likeness (QED) is 0.649. The Balaban J connectivity index is 1.60. The van der Waals surface area contributed by atoms with E-state index in [9.17, 15) is 14.7 Å². The minimum absolute atomic E-state index is 0.266. The molecule has 0 unspecified atom stereocenters. The predicted octanol–water partition coefficient (Wildman–Crippen LogP) is 4.21. The molecule has 1 amide bonds. The van der Waals surface area contributed by atoms with Gasteiger partial charge in [0.2, 0.25) is 0 Å². The highest BCUT2D eigenvalue weighted by molar-refractivity contribution is 6.10. The lowest BCUT2D eigenvalue weighted by Crippen LogP contribution is -2.41. The fraction of sp³-hybridized carbons (Fsp3) is 0.120. The molecule has 1 atom stereocenters. The van der Waals surface area contributed by atoms with Gasteiger partial charge in [-0.1, -0.05) is 91.0 Å². The van der Waals surface area contributed by atoms with Crippen molar-refractivity contribution >= 4 is 23.5 Å². The molecule has 0 fully saturated rings. The van der Waals surface area contributed by atoms with Crippen molar-refractivity contribution in [3.05, 3.63) is 108 Å². The van der Waals surface area contributed by atoms with Gasteiger partial charge in [0.1, 0.15) is 0 Å². The number of Topliss-reactive ketones (excluding diaryl/α,β-unsaturated/α-hetero) is 1. The number of amides is 1. The Morgan fingerprint density at radius 3 is 2.24 bits per heavy atom. The zero-order valence-corrected chi connectivity index (χ0v) is 15.9. The first kappa shape index (κ1) is 18.8. The van der Waals surface area contributed by atoms with Gasteiger partial charge in [0.05, 0.1) is 12.1 Å². The highest BCUT2D eigenvalue weighted by Crippen LogP contribution is 2.42. The van der Waals surface area contributed by atoms with Crippen LogP contribution in [-0.4, -0.2) is 23.3 Å². The van der Waals surface area contributed by atoms with Crippen LogP contribution in [0.15, 0.2) is 91.0 Å². The molecule has 3 aromatic rings. The van der Waals surface area contributed by atoms with Crippen molar-refractivity contribution in [3.8, 4) is 0 Å². The van der Waals surface area contributed by atoms with Crippen LogP contribution in [0.3, 0.4) is 0 Å². The molecule has 29 heavy (non-hydrogen) atoms. The van der Waals surface area contributed by atoms with Crippen molar-refractivity contribution in [1.82, 2.24) is 0 Å². The molecule has 0 spiro atoms. The fourth-order valence-corrected chi connectivity index (χ4v) is 3.68. The number of hydrogen-bond acceptors (Lipinski definition) is 3. The standard InChI is InChI=1S/C25H21NO3/c27-23(20-13-5-2-6-14-20)18-25(29)21-15-7-8-16-22(21)26(24(25)28)17-9-12-19-10-3-1-4-11-19/h1-16,29H,17-18H2/b12-9+/t25-/m1/s1. The summed E-state index contributed by atoms with van der Waals surface area (Å²) < 4.78 is 0. The van der Waals surface area contributed by atoms with E-state index in [1.807, 2.05) is 54.6 Å². The molecule has 4 nitrogen and oxygen atoms in total. The van der Waals surface area contributed by atoms with Gasteiger partial charge in [0.15, 0.2) is 11.4 Å². The lowest BCUT2D eigenvalue weighted by Gasteiger charge is -2.22. The number of hydrogen-bond donors (Lipinski definition) is 1. The Kier molecular flexibility index (Phi) is 5.10. The molecule has 4 rings (SSSR count). The Morgan fingerprint density at radius 1 is 0.897 bits per heavy atom. The number of fused-ring (bicyclic) bond motifs is 1. The zero-order valence-electron chi connectivity index (χ0n) is 15.9. The van der Waals surface area contributed by atoms with Crippen molar-refractivity contribution < 1.29 is 14.7 Å². The Labute approximate surface area is 169 Å². The number of carbonyl (C=O) groups is 2. The maximum Gasteiger partial charge on any atom is 0.264 e. The van der Waals surface area contributed by atoms with Crippen molar-refractivity contribution in [2.75, 3.05) is 11.4 Å². The number of para-hydroxylation sites is 1. The number of anilines is 1. The van der Waals surface area contributed by atoms with Crippen molar-refractivity contribution in [3.63, 3.8) is 0 Å². The van der Waals surface area contributed by atoms with E-state index in [1.54, 1.807) is 42.5 Å². The lowest BCUT2D eigenvalue weighted by atomic mass is 9.88. The molecule has 0 radical (unpaired) electrons. The van der Waals surface area contributed by atoms with E-state index >= 15 is 0 Å². The van der Waals surface area contributed by atoms with E-state index in [4.69, 9.17) is 0 Å². The van der Waals surface area contributed by atoms with E-state index in [2.05, 4.69) is 0 Å². The largest absolute Gasteiger partial charge is 0.375 e. The summed E-state index contributed by atoms with van der Waals surface area (Å²) in [5.41, 5.74) is 0.765. The van der Waals surface area contributed by atoms with Crippen LogP contribution in [-0.2, 0) is 10.4 Å². The summed E-state index contributed by atoms with van der Waals surface area (Å²) in [6.45, 7) is 0.312. The summed E-state index contributed by atoms with van der Waals surface area (Å²) in [6.07, 6.45) is 3.53. The van der Waals surface area contributed by atoms with Crippen LogP contribution in [0.1, 0.15) is 27.9 Å². The molecule has 1 N–H and O–H groups in total. The smallest absolute Gasteiger partial charge is 0.264 e. The van der Waals surface area contributed by atoms with Crippen molar-refractivity contribution in [2.45, 2.75) is 12.0 Å². The van der Waals surface area contributed by atoms with Crippen LogP contribution in [0.4, 0.5) is 5.69 Å². The summed E-state index contributed by atoms with van der Waals surface area (Å²) in [6, 6.07) is 25.6. The number of aliphatic hydroxyl groups is 1. The van der Waals surface area contributed by atoms with Gasteiger partial charge in [-0.3, -0.25) is 9.59 Å². The first-order valence-electron chi connectivity index (χ1n) is 9.53. The molecular formula is C25H21NO3. The van der Waals surface area contributed by atoms with Crippen LogP contribution >= 0.6 is 0 Å². The Hall–Kier alpha value is -3.50. The molecule has 3 aromatic carbocycles. The molecule has 0 saturated carbocycles. The monoisotopic (exact) mass is 383 g/mol. The first-order valence-corrected chi connectivity index (χ1v) is 9.53. The van der Waals surface area contributed by atoms with Crippen LogP contribution in [0.5, 0.6) is 0 Å². The minimum atomic E-state index is -1.86. The molecule has 0 bridgehead atoms. The second kappa shape index (κ2) is 7.86. The third-order valence-electron chi connectivity index (χ3n) is 5.15. The van der Waals surface area contributed by atoms with Crippen LogP contribution in [0.2, 0.25) is 0 Å². The van der Waals surface area contributed by atoms with Gasteiger partial charge in [-0.05, 0) is 11.6 Å². The number of benzene rings is 3. The van der Waals surface area contributed by atoms with E-state index in [-0.39, 0.29) is 12.2 Å².